The zero-order chi connectivity index (χ0) is 17.2. The third-order valence-corrected chi connectivity index (χ3v) is 4.58. The van der Waals surface area contributed by atoms with E-state index >= 15 is 0 Å². The summed E-state index contributed by atoms with van der Waals surface area (Å²) in [5.41, 5.74) is 7.17. The monoisotopic (exact) mass is 461 g/mol. The molecule has 5 nitrogen and oxygen atoms in total. The Hall–Kier alpha value is -1.18. The van der Waals surface area contributed by atoms with Crippen LogP contribution >= 0.6 is 24.0 Å². The number of nitrogens with one attached hydrogen (secondary N) is 1. The van der Waals surface area contributed by atoms with Crippen molar-refractivity contribution in [2.45, 2.75) is 57.4 Å². The quantitative estimate of drug-likeness (QED) is 0.213. The lowest BCUT2D eigenvalue weighted by atomic mass is 10.1. The molecule has 2 rings (SSSR count). The van der Waals surface area contributed by atoms with Gasteiger partial charge in [0.2, 0.25) is 0 Å². The number of ether oxygens (including phenoxy) is 2. The Bertz CT molecular complexity index is 529. The largest absolute Gasteiger partial charge is 0.497 e. The van der Waals surface area contributed by atoms with Crippen molar-refractivity contribution in [1.82, 2.24) is 5.32 Å². The molecule has 0 radical (unpaired) electrons. The summed E-state index contributed by atoms with van der Waals surface area (Å²) in [6, 6.07) is 6.37. The van der Waals surface area contributed by atoms with Gasteiger partial charge in [0.25, 0.3) is 0 Å². The molecule has 6 heteroatoms. The smallest absolute Gasteiger partial charge is 0.188 e. The minimum absolute atomic E-state index is 0. The Balaban J connectivity index is 0.00000312. The molecule has 1 aromatic rings. The van der Waals surface area contributed by atoms with E-state index in [2.05, 4.69) is 10.3 Å². The topological polar surface area (TPSA) is 68.9 Å². The first-order valence-corrected chi connectivity index (χ1v) is 9.00. The Kier molecular flexibility index (Phi) is 10.7. The van der Waals surface area contributed by atoms with Gasteiger partial charge in [0, 0.05) is 12.6 Å². The maximum Gasteiger partial charge on any atom is 0.188 e. The van der Waals surface area contributed by atoms with Crippen molar-refractivity contribution in [2.75, 3.05) is 20.8 Å². The minimum Gasteiger partial charge on any atom is -0.497 e. The van der Waals surface area contributed by atoms with Crippen molar-refractivity contribution in [2.24, 2.45) is 10.7 Å². The Labute approximate surface area is 168 Å². The second-order valence-corrected chi connectivity index (χ2v) is 6.38. The molecule has 1 aliphatic rings. The number of nitrogens with two attached hydrogens (primary N) is 1. The number of methoxy groups -OCH3 is 2. The maximum atomic E-state index is 6.03. The average molecular weight is 461 g/mol. The molecule has 1 fully saturated rings. The fraction of sp³-hybridized carbons (Fsp3) is 0.632. The standard InChI is InChI=1S/C19H31N3O2.HI/c1-23-17-11-12-18(24-2)15(14-17)8-7-13-21-19(20)22-16-9-5-3-4-6-10-16;/h11-12,14,16H,3-10,13H2,1-2H3,(H3,20,21,22);1H. The highest BCUT2D eigenvalue weighted by Crippen LogP contribution is 2.25. The van der Waals surface area contributed by atoms with Crippen LogP contribution in [0, 0.1) is 0 Å². The van der Waals surface area contributed by atoms with Gasteiger partial charge in [-0.2, -0.15) is 0 Å². The van der Waals surface area contributed by atoms with Crippen LogP contribution in [-0.2, 0) is 6.42 Å². The molecule has 1 saturated carbocycles. The summed E-state index contributed by atoms with van der Waals surface area (Å²) < 4.78 is 10.7. The minimum atomic E-state index is 0. The molecule has 1 aromatic carbocycles. The fourth-order valence-electron chi connectivity index (χ4n) is 3.22. The van der Waals surface area contributed by atoms with Gasteiger partial charge in [-0.1, -0.05) is 25.7 Å². The van der Waals surface area contributed by atoms with Gasteiger partial charge in [0.1, 0.15) is 11.5 Å². The highest BCUT2D eigenvalue weighted by molar-refractivity contribution is 14.0. The van der Waals surface area contributed by atoms with Crippen LogP contribution in [0.4, 0.5) is 0 Å². The van der Waals surface area contributed by atoms with Crippen molar-refractivity contribution in [3.05, 3.63) is 23.8 Å². The first kappa shape index (κ1) is 21.9. The van der Waals surface area contributed by atoms with Crippen LogP contribution in [0.3, 0.4) is 0 Å². The lowest BCUT2D eigenvalue weighted by molar-refractivity contribution is 0.398. The second kappa shape index (κ2) is 12.2. The van der Waals surface area contributed by atoms with Gasteiger partial charge in [0.05, 0.1) is 14.2 Å². The number of hydrogen-bond donors (Lipinski definition) is 2. The van der Waals surface area contributed by atoms with Crippen LogP contribution in [0.15, 0.2) is 23.2 Å². The molecule has 0 heterocycles. The molecular weight excluding hydrogens is 429 g/mol. The van der Waals surface area contributed by atoms with E-state index in [-0.39, 0.29) is 24.0 Å². The number of nitrogens with zero attached hydrogens (tertiary/aromatic N) is 1. The average Bonchev–Trinajstić information content (AvgIpc) is 2.87. The van der Waals surface area contributed by atoms with E-state index in [1.165, 1.54) is 38.5 Å². The van der Waals surface area contributed by atoms with E-state index in [9.17, 15) is 0 Å². The lowest BCUT2D eigenvalue weighted by Gasteiger charge is -2.16. The summed E-state index contributed by atoms with van der Waals surface area (Å²) in [4.78, 5) is 4.47. The van der Waals surface area contributed by atoms with Gasteiger partial charge in [-0.15, -0.1) is 24.0 Å². The number of benzene rings is 1. The van der Waals surface area contributed by atoms with Crippen LogP contribution in [0.1, 0.15) is 50.5 Å². The van der Waals surface area contributed by atoms with Gasteiger partial charge in [-0.05, 0) is 49.4 Å². The normalized spacial score (nSPS) is 15.8. The van der Waals surface area contributed by atoms with Crippen LogP contribution < -0.4 is 20.5 Å². The number of aliphatic imine (C=N–C) groups is 1. The summed E-state index contributed by atoms with van der Waals surface area (Å²) in [6.07, 6.45) is 9.50. The highest BCUT2D eigenvalue weighted by atomic mass is 127. The third-order valence-electron chi connectivity index (χ3n) is 4.58. The predicted octanol–water partition coefficient (Wildman–Crippen LogP) is 3.88. The van der Waals surface area contributed by atoms with E-state index in [1.54, 1.807) is 14.2 Å². The zero-order valence-corrected chi connectivity index (χ0v) is 17.8. The second-order valence-electron chi connectivity index (χ2n) is 6.38. The molecule has 3 N–H and O–H groups in total. The van der Waals surface area contributed by atoms with Crippen molar-refractivity contribution < 1.29 is 9.47 Å². The molecule has 142 valence electrons. The van der Waals surface area contributed by atoms with Crippen molar-refractivity contribution in [3.63, 3.8) is 0 Å². The van der Waals surface area contributed by atoms with Crippen molar-refractivity contribution in [3.8, 4) is 11.5 Å². The Morgan fingerprint density at radius 1 is 1.16 bits per heavy atom. The first-order chi connectivity index (χ1) is 11.7. The van der Waals surface area contributed by atoms with E-state index in [0.29, 0.717) is 18.5 Å². The Morgan fingerprint density at radius 2 is 1.88 bits per heavy atom. The number of halogens is 1. The summed E-state index contributed by atoms with van der Waals surface area (Å²) in [7, 11) is 3.37. The fourth-order valence-corrected chi connectivity index (χ4v) is 3.22. The van der Waals surface area contributed by atoms with Crippen LogP contribution in [0.25, 0.3) is 0 Å². The highest BCUT2D eigenvalue weighted by Gasteiger charge is 2.12. The van der Waals surface area contributed by atoms with Crippen molar-refractivity contribution in [1.29, 1.82) is 0 Å². The maximum absolute atomic E-state index is 6.03. The number of rotatable bonds is 7. The van der Waals surface area contributed by atoms with Crippen molar-refractivity contribution >= 4 is 29.9 Å². The van der Waals surface area contributed by atoms with Gasteiger partial charge in [-0.25, -0.2) is 0 Å². The molecule has 0 atom stereocenters. The van der Waals surface area contributed by atoms with Gasteiger partial charge in [0.15, 0.2) is 5.96 Å². The molecule has 0 saturated heterocycles. The number of guanidine groups is 1. The van der Waals surface area contributed by atoms with E-state index in [4.69, 9.17) is 15.2 Å². The first-order valence-electron chi connectivity index (χ1n) is 9.00. The number of aryl methyl sites for hydroxylation is 1. The van der Waals surface area contributed by atoms with Gasteiger partial charge in [-0.3, -0.25) is 4.99 Å². The summed E-state index contributed by atoms with van der Waals surface area (Å²) in [5, 5.41) is 3.38. The van der Waals surface area contributed by atoms with Crippen LogP contribution in [-0.4, -0.2) is 32.8 Å². The molecule has 0 aliphatic heterocycles. The van der Waals surface area contributed by atoms with E-state index in [1.807, 2.05) is 18.2 Å². The third kappa shape index (κ3) is 7.71. The zero-order valence-electron chi connectivity index (χ0n) is 15.4. The summed E-state index contributed by atoms with van der Waals surface area (Å²) in [5.74, 6) is 2.33. The van der Waals surface area contributed by atoms with E-state index < -0.39 is 0 Å². The molecule has 0 aromatic heterocycles. The number of hydrogen-bond acceptors (Lipinski definition) is 3. The van der Waals surface area contributed by atoms with Gasteiger partial charge < -0.3 is 20.5 Å². The molecule has 0 unspecified atom stereocenters. The predicted molar refractivity (Wildman–Crippen MR) is 114 cm³/mol. The molecule has 25 heavy (non-hydrogen) atoms. The molecule has 0 amide bonds. The Morgan fingerprint density at radius 3 is 2.52 bits per heavy atom. The molecule has 1 aliphatic carbocycles. The lowest BCUT2D eigenvalue weighted by Crippen LogP contribution is -2.39. The SMILES string of the molecule is COc1ccc(OC)c(CCCN=C(N)NC2CCCCCC2)c1.I. The summed E-state index contributed by atoms with van der Waals surface area (Å²) >= 11 is 0. The van der Waals surface area contributed by atoms with Crippen LogP contribution in [0.5, 0.6) is 11.5 Å². The summed E-state index contributed by atoms with van der Waals surface area (Å²) in [6.45, 7) is 0.714. The molecule has 0 spiro atoms. The molecule has 0 bridgehead atoms. The van der Waals surface area contributed by atoms with E-state index in [0.717, 1.165) is 29.9 Å². The molecular formula is C19H32IN3O2. The van der Waals surface area contributed by atoms with Crippen LogP contribution in [0.2, 0.25) is 0 Å². The van der Waals surface area contributed by atoms with Gasteiger partial charge >= 0.3 is 0 Å².